The third kappa shape index (κ3) is 1.89. The number of imide groups is 1. The van der Waals surface area contributed by atoms with Gasteiger partial charge in [-0.3, -0.25) is 14.5 Å². The van der Waals surface area contributed by atoms with Gasteiger partial charge in [0.25, 0.3) is 11.8 Å². The number of rotatable bonds is 2. The number of fused-ring (bicyclic) bond motifs is 2. The van der Waals surface area contributed by atoms with Gasteiger partial charge in [0, 0.05) is 0 Å². The maximum absolute atomic E-state index is 12.5. The smallest absolute Gasteiger partial charge is 0.259 e. The molecule has 2 heterocycles. The van der Waals surface area contributed by atoms with Crippen molar-refractivity contribution in [1.29, 1.82) is 0 Å². The quantitative estimate of drug-likeness (QED) is 0.611. The summed E-state index contributed by atoms with van der Waals surface area (Å²) in [5, 5.41) is 0. The number of hydrogen-bond acceptors (Lipinski definition) is 4. The van der Waals surface area contributed by atoms with Crippen LogP contribution in [0.15, 0.2) is 0 Å². The lowest BCUT2D eigenvalue weighted by Gasteiger charge is -2.48. The highest BCUT2D eigenvalue weighted by Gasteiger charge is 2.55. The maximum Gasteiger partial charge on any atom is 0.259 e. The van der Waals surface area contributed by atoms with Gasteiger partial charge in [0.1, 0.15) is 17.7 Å². The minimum atomic E-state index is -0.763. The van der Waals surface area contributed by atoms with Crippen LogP contribution in [-0.2, 0) is 14.3 Å². The average molecular weight is 296 g/mol. The summed E-state index contributed by atoms with van der Waals surface area (Å²) in [6.45, 7) is 2.18. The van der Waals surface area contributed by atoms with E-state index in [-0.39, 0.29) is 16.8 Å². The highest BCUT2D eigenvalue weighted by Crippen LogP contribution is 2.41. The molecular formula is C14H20N2O3S. The molecule has 2 aliphatic heterocycles. The molecule has 2 amide bonds. The van der Waals surface area contributed by atoms with Crippen LogP contribution in [0.4, 0.5) is 0 Å². The topological polar surface area (TPSA) is 72.6 Å². The Kier molecular flexibility index (Phi) is 3.33. The molecule has 5 nitrogen and oxygen atoms in total. The highest BCUT2D eigenvalue weighted by molar-refractivity contribution is 7.80. The van der Waals surface area contributed by atoms with Gasteiger partial charge in [0.2, 0.25) is 0 Å². The van der Waals surface area contributed by atoms with E-state index in [2.05, 4.69) is 6.92 Å². The molecule has 1 saturated carbocycles. The molecule has 110 valence electrons. The summed E-state index contributed by atoms with van der Waals surface area (Å²) in [4.78, 5) is 26.7. The minimum Gasteiger partial charge on any atom is -0.391 e. The number of morpholine rings is 1. The van der Waals surface area contributed by atoms with Crippen LogP contribution in [0.5, 0.6) is 0 Å². The Balaban J connectivity index is 1.97. The highest BCUT2D eigenvalue weighted by atomic mass is 32.1. The number of amides is 2. The van der Waals surface area contributed by atoms with Crippen molar-refractivity contribution in [2.45, 2.75) is 63.2 Å². The van der Waals surface area contributed by atoms with E-state index >= 15 is 0 Å². The summed E-state index contributed by atoms with van der Waals surface area (Å²) >= 11 is 5.24. The van der Waals surface area contributed by atoms with Crippen LogP contribution in [0.1, 0.15) is 45.4 Å². The van der Waals surface area contributed by atoms with Gasteiger partial charge in [-0.15, -0.1) is 0 Å². The van der Waals surface area contributed by atoms with Gasteiger partial charge < -0.3 is 10.5 Å². The molecule has 2 unspecified atom stereocenters. The molecule has 0 aromatic carbocycles. The van der Waals surface area contributed by atoms with Gasteiger partial charge in [-0.05, 0) is 44.4 Å². The van der Waals surface area contributed by atoms with E-state index in [4.69, 9.17) is 22.7 Å². The lowest BCUT2D eigenvalue weighted by molar-refractivity contribution is -0.175. The van der Waals surface area contributed by atoms with Gasteiger partial charge in [0.05, 0.1) is 4.99 Å². The second-order valence-electron chi connectivity index (χ2n) is 6.28. The summed E-state index contributed by atoms with van der Waals surface area (Å²) < 4.78 is 5.46. The van der Waals surface area contributed by atoms with Crippen LogP contribution in [0, 0.1) is 5.92 Å². The van der Waals surface area contributed by atoms with E-state index < -0.39 is 17.7 Å². The molecule has 3 aliphatic rings. The third-order valence-electron chi connectivity index (χ3n) is 5.00. The fraction of sp³-hybridized carbons (Fsp3) is 0.786. The molecule has 2 N–H and O–H groups in total. The third-order valence-corrected chi connectivity index (χ3v) is 5.38. The Morgan fingerprint density at radius 2 is 1.70 bits per heavy atom. The second kappa shape index (κ2) is 4.77. The lowest BCUT2D eigenvalue weighted by Crippen LogP contribution is -2.67. The van der Waals surface area contributed by atoms with E-state index in [1.807, 2.05) is 0 Å². The summed E-state index contributed by atoms with van der Waals surface area (Å²) in [6.07, 6.45) is 3.51. The molecule has 2 saturated heterocycles. The molecule has 0 aromatic rings. The van der Waals surface area contributed by atoms with Crippen molar-refractivity contribution < 1.29 is 14.3 Å². The number of hydrogen-bond donors (Lipinski definition) is 1. The molecule has 6 heteroatoms. The summed E-state index contributed by atoms with van der Waals surface area (Å²) in [5.41, 5.74) is 5.20. The number of likely N-dealkylation sites (tertiary alicyclic amines) is 1. The summed E-state index contributed by atoms with van der Waals surface area (Å²) in [6, 6.07) is 0. The van der Waals surface area contributed by atoms with Crippen molar-refractivity contribution >= 4 is 29.0 Å². The van der Waals surface area contributed by atoms with Gasteiger partial charge in [-0.1, -0.05) is 19.1 Å². The van der Waals surface area contributed by atoms with Crippen LogP contribution in [0.2, 0.25) is 0 Å². The zero-order valence-corrected chi connectivity index (χ0v) is 12.4. The van der Waals surface area contributed by atoms with Crippen LogP contribution >= 0.6 is 12.2 Å². The normalized spacial score (nSPS) is 41.0. The molecule has 3 rings (SSSR count). The van der Waals surface area contributed by atoms with Crippen molar-refractivity contribution in [3.05, 3.63) is 0 Å². The number of carbonyl (C=O) groups is 2. The standard InChI is InChI=1S/C14H20N2O3S/c1-8-4-6-14(7-5-8,13(15)20)16-11(17)9-2-3-10(19-9)12(16)18/h8-10H,2-7H2,1H3,(H2,15,20). The van der Waals surface area contributed by atoms with Gasteiger partial charge in [-0.25, -0.2) is 0 Å². The molecule has 2 bridgehead atoms. The molecule has 3 fully saturated rings. The first-order valence-electron chi connectivity index (χ1n) is 7.29. The van der Waals surface area contributed by atoms with Gasteiger partial charge in [0.15, 0.2) is 0 Å². The monoisotopic (exact) mass is 296 g/mol. The maximum atomic E-state index is 12.5. The molecular weight excluding hydrogens is 276 g/mol. The van der Waals surface area contributed by atoms with Crippen LogP contribution < -0.4 is 5.73 Å². The fourth-order valence-electron chi connectivity index (χ4n) is 3.64. The van der Waals surface area contributed by atoms with Crippen molar-refractivity contribution in [3.8, 4) is 0 Å². The minimum absolute atomic E-state index is 0.244. The van der Waals surface area contributed by atoms with Crippen LogP contribution in [0.3, 0.4) is 0 Å². The summed E-state index contributed by atoms with van der Waals surface area (Å²) in [7, 11) is 0. The van der Waals surface area contributed by atoms with E-state index in [0.29, 0.717) is 31.6 Å². The van der Waals surface area contributed by atoms with Crippen molar-refractivity contribution in [1.82, 2.24) is 4.90 Å². The van der Waals surface area contributed by atoms with Crippen LogP contribution in [0.25, 0.3) is 0 Å². The van der Waals surface area contributed by atoms with Gasteiger partial charge in [-0.2, -0.15) is 0 Å². The van der Waals surface area contributed by atoms with E-state index in [9.17, 15) is 9.59 Å². The second-order valence-corrected chi connectivity index (χ2v) is 6.72. The first-order chi connectivity index (χ1) is 9.45. The SMILES string of the molecule is CC1CCC(C(N)=S)(N2C(=O)C3CCC(O3)C2=O)CC1. The molecule has 20 heavy (non-hydrogen) atoms. The van der Waals surface area contributed by atoms with E-state index in [1.165, 1.54) is 4.90 Å². The first-order valence-corrected chi connectivity index (χ1v) is 7.70. The average Bonchev–Trinajstić information content (AvgIpc) is 2.86. The molecule has 0 aromatic heterocycles. The number of ether oxygens (including phenoxy) is 1. The number of thiocarbonyl (C=S) groups is 1. The largest absolute Gasteiger partial charge is 0.391 e. The zero-order valence-electron chi connectivity index (χ0n) is 11.6. The molecule has 1 aliphatic carbocycles. The zero-order chi connectivity index (χ0) is 14.5. The van der Waals surface area contributed by atoms with Crippen molar-refractivity contribution in [2.24, 2.45) is 11.7 Å². The van der Waals surface area contributed by atoms with E-state index in [1.54, 1.807) is 0 Å². The van der Waals surface area contributed by atoms with Crippen molar-refractivity contribution in [2.75, 3.05) is 0 Å². The fourth-order valence-corrected chi connectivity index (χ4v) is 3.93. The Hall–Kier alpha value is -1.01. The van der Waals surface area contributed by atoms with Crippen LogP contribution in [-0.4, -0.2) is 39.4 Å². The predicted molar refractivity (Wildman–Crippen MR) is 76.9 cm³/mol. The number of nitrogens with zero attached hydrogens (tertiary/aromatic N) is 1. The van der Waals surface area contributed by atoms with Crippen molar-refractivity contribution in [3.63, 3.8) is 0 Å². The molecule has 0 radical (unpaired) electrons. The Morgan fingerprint density at radius 3 is 2.15 bits per heavy atom. The number of carbonyl (C=O) groups excluding carboxylic acids is 2. The number of nitrogens with two attached hydrogens (primary N) is 1. The molecule has 0 spiro atoms. The van der Waals surface area contributed by atoms with Gasteiger partial charge >= 0.3 is 0 Å². The predicted octanol–water partition coefficient (Wildman–Crippen LogP) is 1.14. The summed E-state index contributed by atoms with van der Waals surface area (Å²) in [5.74, 6) is 0.0950. The Morgan fingerprint density at radius 1 is 1.20 bits per heavy atom. The first kappa shape index (κ1) is 13.9. The Labute approximate surface area is 123 Å². The molecule has 2 atom stereocenters. The van der Waals surface area contributed by atoms with E-state index in [0.717, 1.165) is 12.8 Å². The Bertz CT molecular complexity index is 449. The lowest BCUT2D eigenvalue weighted by atomic mass is 9.75.